The molecule has 0 unspecified atom stereocenters. The van der Waals surface area contributed by atoms with E-state index in [4.69, 9.17) is 4.74 Å². The van der Waals surface area contributed by atoms with Crippen molar-refractivity contribution < 1.29 is 22.0 Å². The van der Waals surface area contributed by atoms with Crippen LogP contribution in [-0.4, -0.2) is 21.2 Å². The topological polar surface area (TPSA) is 13.7 Å². The van der Waals surface area contributed by atoms with Crippen molar-refractivity contribution in [1.29, 1.82) is 0 Å². The van der Waals surface area contributed by atoms with Crippen LogP contribution in [0.5, 0.6) is 5.75 Å². The average Bonchev–Trinajstić information content (AvgIpc) is 2.05. The lowest BCUT2D eigenvalue weighted by atomic mass is 10.2. The molecule has 3 heteroatoms. The fourth-order valence-corrected chi connectivity index (χ4v) is 1.15. The summed E-state index contributed by atoms with van der Waals surface area (Å²) in [5.41, 5.74) is 1.34. The van der Waals surface area contributed by atoms with Crippen LogP contribution in [0.1, 0.15) is 5.56 Å². The Kier molecular flexibility index (Phi) is 5.51. The molecular weight excluding hydrogens is 186 g/mol. The first kappa shape index (κ1) is 12.3. The van der Waals surface area contributed by atoms with Gasteiger partial charge in [0.15, 0.2) is 0 Å². The molecule has 13 heavy (non-hydrogen) atoms. The van der Waals surface area contributed by atoms with E-state index in [1.54, 1.807) is 7.11 Å². The van der Waals surface area contributed by atoms with Crippen LogP contribution in [-0.2, 0) is 6.54 Å². The average molecular weight is 202 g/mol. The molecular formula is C10H16ClNO. The van der Waals surface area contributed by atoms with Crippen LogP contribution in [0.3, 0.4) is 0 Å². The van der Waals surface area contributed by atoms with E-state index in [-0.39, 0.29) is 12.4 Å². The number of hydrogen-bond donors (Lipinski definition) is 1. The van der Waals surface area contributed by atoms with Crippen LogP contribution in [0.15, 0.2) is 24.3 Å². The molecule has 0 amide bonds. The minimum atomic E-state index is 0. The summed E-state index contributed by atoms with van der Waals surface area (Å²) in [7, 11) is 5.97. The van der Waals surface area contributed by atoms with E-state index < -0.39 is 0 Å². The predicted molar refractivity (Wildman–Crippen MR) is 49.5 cm³/mol. The van der Waals surface area contributed by atoms with Gasteiger partial charge in [-0.25, -0.2) is 0 Å². The summed E-state index contributed by atoms with van der Waals surface area (Å²) in [4.78, 5) is 1.43. The molecule has 0 radical (unpaired) electrons. The van der Waals surface area contributed by atoms with E-state index in [0.29, 0.717) is 0 Å². The summed E-state index contributed by atoms with van der Waals surface area (Å²) in [6.07, 6.45) is 0. The van der Waals surface area contributed by atoms with E-state index in [1.807, 2.05) is 12.1 Å². The largest absolute Gasteiger partial charge is 1.00 e. The highest BCUT2D eigenvalue weighted by molar-refractivity contribution is 5.26. The molecule has 0 bridgehead atoms. The van der Waals surface area contributed by atoms with Gasteiger partial charge in [0.05, 0.1) is 21.2 Å². The molecule has 1 aromatic rings. The molecule has 0 fully saturated rings. The minimum Gasteiger partial charge on any atom is -1.00 e. The van der Waals surface area contributed by atoms with E-state index in [0.717, 1.165) is 12.3 Å². The molecule has 1 rings (SSSR count). The minimum absolute atomic E-state index is 0. The van der Waals surface area contributed by atoms with Crippen molar-refractivity contribution >= 4 is 0 Å². The van der Waals surface area contributed by atoms with Crippen LogP contribution >= 0.6 is 0 Å². The molecule has 0 saturated carbocycles. The normalized spacial score (nSPS) is 9.54. The molecule has 0 aliphatic rings. The zero-order valence-corrected chi connectivity index (χ0v) is 9.06. The van der Waals surface area contributed by atoms with E-state index in [9.17, 15) is 0 Å². The second kappa shape index (κ2) is 5.84. The Morgan fingerprint density at radius 1 is 1.15 bits per heavy atom. The van der Waals surface area contributed by atoms with Crippen molar-refractivity contribution in [2.24, 2.45) is 0 Å². The molecule has 0 aliphatic carbocycles. The SMILES string of the molecule is COc1ccc(C[NH+](C)C)cc1.[Cl-]. The van der Waals surface area contributed by atoms with Crippen molar-refractivity contribution in [1.82, 2.24) is 0 Å². The van der Waals surface area contributed by atoms with Gasteiger partial charge in [0.25, 0.3) is 0 Å². The molecule has 0 heterocycles. The van der Waals surface area contributed by atoms with Gasteiger partial charge in [-0.15, -0.1) is 0 Å². The fourth-order valence-electron chi connectivity index (χ4n) is 1.15. The monoisotopic (exact) mass is 201 g/mol. The summed E-state index contributed by atoms with van der Waals surface area (Å²) in [5, 5.41) is 0. The van der Waals surface area contributed by atoms with Gasteiger partial charge in [-0.3, -0.25) is 0 Å². The zero-order chi connectivity index (χ0) is 8.97. The van der Waals surface area contributed by atoms with Crippen molar-refractivity contribution in [2.45, 2.75) is 6.54 Å². The quantitative estimate of drug-likeness (QED) is 0.564. The smallest absolute Gasteiger partial charge is 0.118 e. The van der Waals surface area contributed by atoms with Crippen LogP contribution in [0.2, 0.25) is 0 Å². The standard InChI is InChI=1S/C10H15NO.ClH/c1-11(2)8-9-4-6-10(12-3)7-5-9;/h4-7H,8H2,1-3H3;1H. The van der Waals surface area contributed by atoms with Crippen LogP contribution < -0.4 is 22.0 Å². The first-order valence-corrected chi connectivity index (χ1v) is 4.14. The number of methoxy groups -OCH3 is 1. The Morgan fingerprint density at radius 3 is 2.08 bits per heavy atom. The van der Waals surface area contributed by atoms with Crippen molar-refractivity contribution in [2.75, 3.05) is 21.2 Å². The van der Waals surface area contributed by atoms with Gasteiger partial charge in [0.2, 0.25) is 0 Å². The summed E-state index contributed by atoms with van der Waals surface area (Å²) in [6, 6.07) is 8.20. The molecule has 1 aromatic carbocycles. The molecule has 74 valence electrons. The van der Waals surface area contributed by atoms with Gasteiger partial charge in [0, 0.05) is 5.56 Å². The van der Waals surface area contributed by atoms with Gasteiger partial charge in [-0.2, -0.15) is 0 Å². The predicted octanol–water partition coefficient (Wildman–Crippen LogP) is -2.66. The van der Waals surface area contributed by atoms with Gasteiger partial charge < -0.3 is 22.0 Å². The van der Waals surface area contributed by atoms with Gasteiger partial charge in [-0.1, -0.05) is 0 Å². The van der Waals surface area contributed by atoms with Gasteiger partial charge in [-0.05, 0) is 24.3 Å². The zero-order valence-electron chi connectivity index (χ0n) is 8.30. The molecule has 0 aromatic heterocycles. The second-order valence-electron chi connectivity index (χ2n) is 3.23. The highest BCUT2D eigenvalue weighted by Gasteiger charge is 1.97. The summed E-state index contributed by atoms with van der Waals surface area (Å²) in [5.74, 6) is 0.924. The summed E-state index contributed by atoms with van der Waals surface area (Å²) in [6.45, 7) is 1.06. The third kappa shape index (κ3) is 4.15. The lowest BCUT2D eigenvalue weighted by Crippen LogP contribution is -3.04. The van der Waals surface area contributed by atoms with Gasteiger partial charge in [0.1, 0.15) is 12.3 Å². The highest BCUT2D eigenvalue weighted by atomic mass is 35.5. The number of nitrogens with one attached hydrogen (secondary N) is 1. The Bertz CT molecular complexity index is 233. The first-order chi connectivity index (χ1) is 5.72. The Hall–Kier alpha value is -0.730. The maximum atomic E-state index is 5.07. The Morgan fingerprint density at radius 2 is 1.69 bits per heavy atom. The van der Waals surface area contributed by atoms with Crippen LogP contribution in [0.25, 0.3) is 0 Å². The number of quaternary nitrogens is 1. The maximum Gasteiger partial charge on any atom is 0.118 e. The van der Waals surface area contributed by atoms with Crippen molar-refractivity contribution in [3.05, 3.63) is 29.8 Å². The molecule has 0 saturated heterocycles. The maximum absolute atomic E-state index is 5.07. The van der Waals surface area contributed by atoms with Crippen LogP contribution in [0, 0.1) is 0 Å². The van der Waals surface area contributed by atoms with Crippen LogP contribution in [0.4, 0.5) is 0 Å². The van der Waals surface area contributed by atoms with Crippen molar-refractivity contribution in [3.8, 4) is 5.75 Å². The highest BCUT2D eigenvalue weighted by Crippen LogP contribution is 2.10. The Labute approximate surface area is 85.9 Å². The molecule has 0 spiro atoms. The molecule has 0 atom stereocenters. The van der Waals surface area contributed by atoms with E-state index in [2.05, 4.69) is 26.2 Å². The number of hydrogen-bond acceptors (Lipinski definition) is 1. The lowest BCUT2D eigenvalue weighted by molar-refractivity contribution is -0.872. The van der Waals surface area contributed by atoms with Gasteiger partial charge >= 0.3 is 0 Å². The fraction of sp³-hybridized carbons (Fsp3) is 0.400. The molecule has 1 N–H and O–H groups in total. The van der Waals surface area contributed by atoms with Crippen molar-refractivity contribution in [3.63, 3.8) is 0 Å². The van der Waals surface area contributed by atoms with E-state index in [1.165, 1.54) is 10.5 Å². The number of benzene rings is 1. The number of ether oxygens (including phenoxy) is 1. The summed E-state index contributed by atoms with van der Waals surface area (Å²) >= 11 is 0. The third-order valence-corrected chi connectivity index (χ3v) is 1.72. The number of rotatable bonds is 3. The first-order valence-electron chi connectivity index (χ1n) is 4.14. The second-order valence-corrected chi connectivity index (χ2v) is 3.23. The summed E-state index contributed by atoms with van der Waals surface area (Å²) < 4.78 is 5.07. The molecule has 2 nitrogen and oxygen atoms in total. The van der Waals surface area contributed by atoms with E-state index >= 15 is 0 Å². The Balaban J connectivity index is 0.00000144. The lowest BCUT2D eigenvalue weighted by Gasteiger charge is -2.07. The molecule has 0 aliphatic heterocycles. The third-order valence-electron chi connectivity index (χ3n) is 1.72. The number of halogens is 1.